The van der Waals surface area contributed by atoms with Crippen LogP contribution in [0.3, 0.4) is 0 Å². The van der Waals surface area contributed by atoms with Gasteiger partial charge in [0.1, 0.15) is 17.1 Å². The third-order valence-corrected chi connectivity index (χ3v) is 3.99. The third-order valence-electron chi connectivity index (χ3n) is 3.99. The van der Waals surface area contributed by atoms with Gasteiger partial charge in [-0.15, -0.1) is 0 Å². The highest BCUT2D eigenvalue weighted by Gasteiger charge is 2.27. The molecule has 1 unspecified atom stereocenters. The predicted octanol–water partition coefficient (Wildman–Crippen LogP) is 1.82. The molecule has 3 heterocycles. The zero-order valence-corrected chi connectivity index (χ0v) is 14.1. The first kappa shape index (κ1) is 16.2. The number of carbonyl (C=O) groups excluding carboxylic acids is 1. The molecular weight excluding hydrogens is 308 g/mol. The van der Waals surface area contributed by atoms with Gasteiger partial charge in [-0.2, -0.15) is 5.10 Å². The number of carbonyl (C=O) groups is 1. The van der Waals surface area contributed by atoms with E-state index in [-0.39, 0.29) is 12.5 Å². The van der Waals surface area contributed by atoms with Crippen molar-refractivity contribution in [3.05, 3.63) is 47.2 Å². The maximum Gasteiger partial charge on any atom is 0.252 e. The predicted molar refractivity (Wildman–Crippen MR) is 88.6 cm³/mol. The van der Waals surface area contributed by atoms with Crippen molar-refractivity contribution in [3.63, 3.8) is 0 Å². The van der Waals surface area contributed by atoms with Crippen LogP contribution in [-0.4, -0.2) is 32.3 Å². The first-order valence-electron chi connectivity index (χ1n) is 7.65. The van der Waals surface area contributed by atoms with Gasteiger partial charge in [0, 0.05) is 18.6 Å². The topological polar surface area (TPSA) is 93.2 Å². The SMILES string of the molecule is Cc1ccc(C(C)(O)CNC(=O)c2cnc3c(c2)c(C)nn3C)o1. The maximum atomic E-state index is 12.4. The molecule has 0 aliphatic heterocycles. The van der Waals surface area contributed by atoms with Gasteiger partial charge in [0.25, 0.3) is 5.91 Å². The number of rotatable bonds is 4. The molecule has 1 atom stereocenters. The molecule has 2 N–H and O–H groups in total. The van der Waals surface area contributed by atoms with Crippen LogP contribution in [-0.2, 0) is 12.6 Å². The molecule has 0 aliphatic rings. The molecular formula is C17H20N4O3. The van der Waals surface area contributed by atoms with Gasteiger partial charge in [-0.25, -0.2) is 4.98 Å². The molecule has 0 radical (unpaired) electrons. The maximum absolute atomic E-state index is 12.4. The quantitative estimate of drug-likeness (QED) is 0.762. The average Bonchev–Trinajstić information content (AvgIpc) is 3.10. The number of fused-ring (bicyclic) bond motifs is 1. The lowest BCUT2D eigenvalue weighted by atomic mass is 10.0. The number of aliphatic hydroxyl groups is 1. The molecule has 0 saturated heterocycles. The Morgan fingerprint density at radius 1 is 1.42 bits per heavy atom. The monoisotopic (exact) mass is 328 g/mol. The van der Waals surface area contributed by atoms with Crippen molar-refractivity contribution in [2.75, 3.05) is 6.54 Å². The van der Waals surface area contributed by atoms with Crippen molar-refractivity contribution in [2.45, 2.75) is 26.4 Å². The lowest BCUT2D eigenvalue weighted by molar-refractivity contribution is 0.0323. The van der Waals surface area contributed by atoms with Crippen molar-refractivity contribution in [1.29, 1.82) is 0 Å². The van der Waals surface area contributed by atoms with Crippen LogP contribution in [0.15, 0.2) is 28.8 Å². The summed E-state index contributed by atoms with van der Waals surface area (Å²) in [6.45, 7) is 5.30. The smallest absolute Gasteiger partial charge is 0.252 e. The number of hydrogen-bond donors (Lipinski definition) is 2. The van der Waals surface area contributed by atoms with Gasteiger partial charge in [-0.3, -0.25) is 9.48 Å². The van der Waals surface area contributed by atoms with Gasteiger partial charge in [-0.1, -0.05) is 0 Å². The zero-order valence-electron chi connectivity index (χ0n) is 14.1. The Hall–Kier alpha value is -2.67. The molecule has 24 heavy (non-hydrogen) atoms. The van der Waals surface area contributed by atoms with E-state index < -0.39 is 5.60 Å². The van der Waals surface area contributed by atoms with E-state index in [1.165, 1.54) is 6.20 Å². The van der Waals surface area contributed by atoms with Gasteiger partial charge in [0.15, 0.2) is 5.65 Å². The average molecular weight is 328 g/mol. The minimum atomic E-state index is -1.29. The Bertz CT molecular complexity index is 908. The summed E-state index contributed by atoms with van der Waals surface area (Å²) in [7, 11) is 1.81. The normalized spacial score (nSPS) is 13.9. The summed E-state index contributed by atoms with van der Waals surface area (Å²) < 4.78 is 7.11. The highest BCUT2D eigenvalue weighted by Crippen LogP contribution is 2.22. The highest BCUT2D eigenvalue weighted by atomic mass is 16.4. The Morgan fingerprint density at radius 3 is 2.83 bits per heavy atom. The van der Waals surface area contributed by atoms with E-state index in [2.05, 4.69) is 15.4 Å². The van der Waals surface area contributed by atoms with Crippen molar-refractivity contribution in [2.24, 2.45) is 7.05 Å². The molecule has 0 saturated carbocycles. The minimum Gasteiger partial charge on any atom is -0.463 e. The van der Waals surface area contributed by atoms with Crippen molar-refractivity contribution in [1.82, 2.24) is 20.1 Å². The van der Waals surface area contributed by atoms with E-state index in [4.69, 9.17) is 4.42 Å². The van der Waals surface area contributed by atoms with Crippen LogP contribution in [0.5, 0.6) is 0 Å². The van der Waals surface area contributed by atoms with Crippen LogP contribution >= 0.6 is 0 Å². The Balaban J connectivity index is 1.76. The summed E-state index contributed by atoms with van der Waals surface area (Å²) in [6, 6.07) is 5.23. The number of nitrogens with one attached hydrogen (secondary N) is 1. The van der Waals surface area contributed by atoms with Crippen LogP contribution in [0.25, 0.3) is 11.0 Å². The van der Waals surface area contributed by atoms with Gasteiger partial charge < -0.3 is 14.8 Å². The number of pyridine rings is 1. The number of nitrogens with zero attached hydrogens (tertiary/aromatic N) is 3. The van der Waals surface area contributed by atoms with Crippen molar-refractivity contribution < 1.29 is 14.3 Å². The van der Waals surface area contributed by atoms with Crippen LogP contribution in [0, 0.1) is 13.8 Å². The molecule has 3 rings (SSSR count). The summed E-state index contributed by atoms with van der Waals surface area (Å²) >= 11 is 0. The second kappa shape index (κ2) is 5.76. The molecule has 126 valence electrons. The first-order valence-corrected chi connectivity index (χ1v) is 7.65. The summed E-state index contributed by atoms with van der Waals surface area (Å²) in [6.07, 6.45) is 1.50. The lowest BCUT2D eigenvalue weighted by Crippen LogP contribution is -2.38. The second-order valence-corrected chi connectivity index (χ2v) is 6.17. The van der Waals surface area contributed by atoms with Gasteiger partial charge in [0.2, 0.25) is 0 Å². The van der Waals surface area contributed by atoms with Crippen molar-refractivity contribution >= 4 is 16.9 Å². The number of furan rings is 1. The molecule has 0 spiro atoms. The minimum absolute atomic E-state index is 0.0306. The Labute approximate surface area is 139 Å². The van der Waals surface area contributed by atoms with E-state index in [1.54, 1.807) is 36.7 Å². The highest BCUT2D eigenvalue weighted by molar-refractivity contribution is 5.97. The largest absolute Gasteiger partial charge is 0.463 e. The number of aryl methyl sites for hydroxylation is 3. The Morgan fingerprint density at radius 2 is 2.17 bits per heavy atom. The number of hydrogen-bond acceptors (Lipinski definition) is 5. The molecule has 0 fully saturated rings. The fourth-order valence-electron chi connectivity index (χ4n) is 2.60. The summed E-state index contributed by atoms with van der Waals surface area (Å²) in [5.74, 6) is 0.812. The third kappa shape index (κ3) is 2.90. The fraction of sp³-hybridized carbons (Fsp3) is 0.353. The molecule has 7 heteroatoms. The van der Waals surface area contributed by atoms with E-state index in [0.717, 1.165) is 16.7 Å². The van der Waals surface area contributed by atoms with Gasteiger partial charge in [-0.05, 0) is 39.0 Å². The molecule has 1 amide bonds. The molecule has 7 nitrogen and oxygen atoms in total. The number of amides is 1. The van der Waals surface area contributed by atoms with Crippen LogP contribution in [0.1, 0.15) is 34.5 Å². The molecule has 3 aromatic rings. The van der Waals surface area contributed by atoms with Crippen LogP contribution in [0.2, 0.25) is 0 Å². The summed E-state index contributed by atoms with van der Waals surface area (Å²) in [5, 5.41) is 18.3. The van der Waals surface area contributed by atoms with Crippen LogP contribution < -0.4 is 5.32 Å². The van der Waals surface area contributed by atoms with Gasteiger partial charge in [0.05, 0.1) is 17.8 Å². The van der Waals surface area contributed by atoms with E-state index >= 15 is 0 Å². The van der Waals surface area contributed by atoms with E-state index in [9.17, 15) is 9.90 Å². The summed E-state index contributed by atoms with van der Waals surface area (Å²) in [5.41, 5.74) is 0.672. The number of aromatic nitrogens is 3. The van der Waals surface area contributed by atoms with E-state index in [1.807, 2.05) is 14.0 Å². The molecule has 0 bridgehead atoms. The molecule has 0 aliphatic carbocycles. The first-order chi connectivity index (χ1) is 11.3. The Kier molecular flexibility index (Phi) is 3.88. The van der Waals surface area contributed by atoms with Crippen LogP contribution in [0.4, 0.5) is 0 Å². The fourth-order valence-corrected chi connectivity index (χ4v) is 2.60. The molecule has 0 aromatic carbocycles. The van der Waals surface area contributed by atoms with Crippen molar-refractivity contribution in [3.8, 4) is 0 Å². The molecule has 3 aromatic heterocycles. The van der Waals surface area contributed by atoms with Gasteiger partial charge >= 0.3 is 0 Å². The standard InChI is InChI=1S/C17H20N4O3/c1-10-5-6-14(24-10)17(3,23)9-19-16(22)12-7-13-11(2)20-21(4)15(13)18-8-12/h5-8,23H,9H2,1-4H3,(H,19,22). The lowest BCUT2D eigenvalue weighted by Gasteiger charge is -2.21. The zero-order chi connectivity index (χ0) is 17.5. The summed E-state index contributed by atoms with van der Waals surface area (Å²) in [4.78, 5) is 16.7. The second-order valence-electron chi connectivity index (χ2n) is 6.17. The van der Waals surface area contributed by atoms with E-state index in [0.29, 0.717) is 17.1 Å².